The molecule has 1 aliphatic heterocycles. The highest BCUT2D eigenvalue weighted by Crippen LogP contribution is 2.34. The lowest BCUT2D eigenvalue weighted by atomic mass is 10.2. The van der Waals surface area contributed by atoms with Crippen LogP contribution in [0.3, 0.4) is 0 Å². The Hall–Kier alpha value is -1.94. The summed E-state index contributed by atoms with van der Waals surface area (Å²) >= 11 is 1.72. The van der Waals surface area contributed by atoms with Crippen molar-refractivity contribution < 1.29 is 0 Å². The molecule has 0 N–H and O–H groups in total. The summed E-state index contributed by atoms with van der Waals surface area (Å²) in [6, 6.07) is 10.3. The molecule has 21 heavy (non-hydrogen) atoms. The maximum absolute atomic E-state index is 4.91. The summed E-state index contributed by atoms with van der Waals surface area (Å²) in [4.78, 5) is 13.2. The Kier molecular flexibility index (Phi) is 3.11. The normalized spacial score (nSPS) is 15.0. The summed E-state index contributed by atoms with van der Waals surface area (Å²) in [5, 5.41) is 3.43. The summed E-state index contributed by atoms with van der Waals surface area (Å²) < 4.78 is 0. The molecule has 0 spiro atoms. The van der Waals surface area contributed by atoms with Gasteiger partial charge < -0.3 is 4.90 Å². The first-order chi connectivity index (χ1) is 10.3. The third-order valence-corrected chi connectivity index (χ3v) is 5.03. The van der Waals surface area contributed by atoms with Crippen LogP contribution in [-0.4, -0.2) is 23.1 Å². The fourth-order valence-corrected chi connectivity index (χ4v) is 3.85. The van der Waals surface area contributed by atoms with Crippen LogP contribution in [0.1, 0.15) is 18.4 Å². The molecule has 3 heterocycles. The largest absolute Gasteiger partial charge is 0.356 e. The van der Waals surface area contributed by atoms with Gasteiger partial charge in [0, 0.05) is 18.7 Å². The van der Waals surface area contributed by atoms with Gasteiger partial charge in [-0.3, -0.25) is 0 Å². The fraction of sp³-hybridized carbons (Fsp3) is 0.294. The van der Waals surface area contributed by atoms with Gasteiger partial charge in [-0.2, -0.15) is 0 Å². The van der Waals surface area contributed by atoms with Crippen molar-refractivity contribution in [2.45, 2.75) is 19.8 Å². The Morgan fingerprint density at radius 3 is 2.57 bits per heavy atom. The summed E-state index contributed by atoms with van der Waals surface area (Å²) in [5.74, 6) is 1.96. The van der Waals surface area contributed by atoms with E-state index in [9.17, 15) is 0 Å². The lowest BCUT2D eigenvalue weighted by Gasteiger charge is -2.18. The summed E-state index contributed by atoms with van der Waals surface area (Å²) in [6.45, 7) is 4.37. The van der Waals surface area contributed by atoms with E-state index in [1.807, 2.05) is 18.2 Å². The molecule has 0 unspecified atom stereocenters. The third kappa shape index (κ3) is 2.20. The van der Waals surface area contributed by atoms with Gasteiger partial charge in [-0.1, -0.05) is 30.3 Å². The Morgan fingerprint density at radius 1 is 1.05 bits per heavy atom. The molecule has 0 bridgehead atoms. The van der Waals surface area contributed by atoms with Gasteiger partial charge in [0.1, 0.15) is 10.6 Å². The second-order valence-corrected chi connectivity index (χ2v) is 6.39. The van der Waals surface area contributed by atoms with E-state index in [0.717, 1.165) is 35.1 Å². The first-order valence-electron chi connectivity index (χ1n) is 7.39. The zero-order valence-electron chi connectivity index (χ0n) is 12.0. The number of thiophene rings is 1. The van der Waals surface area contributed by atoms with Crippen molar-refractivity contribution in [3.63, 3.8) is 0 Å². The molecular formula is C17H17N3S. The van der Waals surface area contributed by atoms with Crippen molar-refractivity contribution >= 4 is 27.4 Å². The highest BCUT2D eigenvalue weighted by atomic mass is 32.1. The number of anilines is 1. The lowest BCUT2D eigenvalue weighted by Crippen LogP contribution is -2.19. The van der Waals surface area contributed by atoms with E-state index in [2.05, 4.69) is 29.3 Å². The van der Waals surface area contributed by atoms with Crippen molar-refractivity contribution in [2.24, 2.45) is 0 Å². The zero-order valence-corrected chi connectivity index (χ0v) is 12.9. The van der Waals surface area contributed by atoms with E-state index < -0.39 is 0 Å². The summed E-state index contributed by atoms with van der Waals surface area (Å²) in [5.41, 5.74) is 2.38. The van der Waals surface area contributed by atoms with E-state index in [4.69, 9.17) is 9.97 Å². The maximum Gasteiger partial charge on any atom is 0.163 e. The van der Waals surface area contributed by atoms with E-state index in [-0.39, 0.29) is 0 Å². The minimum atomic E-state index is 0.840. The third-order valence-electron chi connectivity index (χ3n) is 4.04. The molecular weight excluding hydrogens is 278 g/mol. The minimum Gasteiger partial charge on any atom is -0.356 e. The van der Waals surface area contributed by atoms with Crippen LogP contribution in [0.25, 0.3) is 21.6 Å². The van der Waals surface area contributed by atoms with Gasteiger partial charge in [0.05, 0.1) is 5.39 Å². The second-order valence-electron chi connectivity index (χ2n) is 5.53. The van der Waals surface area contributed by atoms with E-state index in [1.165, 1.54) is 23.8 Å². The molecule has 1 fully saturated rings. The molecule has 1 aliphatic rings. The number of rotatable bonds is 2. The number of aromatic nitrogens is 2. The van der Waals surface area contributed by atoms with Gasteiger partial charge in [0.15, 0.2) is 5.82 Å². The van der Waals surface area contributed by atoms with Crippen molar-refractivity contribution in [1.82, 2.24) is 9.97 Å². The van der Waals surface area contributed by atoms with Crippen LogP contribution < -0.4 is 4.90 Å². The van der Waals surface area contributed by atoms with Gasteiger partial charge in [-0.25, -0.2) is 9.97 Å². The fourth-order valence-electron chi connectivity index (χ4n) is 2.94. The molecule has 1 saturated heterocycles. The topological polar surface area (TPSA) is 29.0 Å². The Bertz CT molecular complexity index is 773. The SMILES string of the molecule is Cc1csc2nc(-c3ccccc3)nc(N3CCCC3)c12. The number of hydrogen-bond acceptors (Lipinski definition) is 4. The Labute approximate surface area is 128 Å². The molecule has 0 saturated carbocycles. The average Bonchev–Trinajstić information content (AvgIpc) is 3.18. The first-order valence-corrected chi connectivity index (χ1v) is 8.27. The molecule has 3 nitrogen and oxygen atoms in total. The maximum atomic E-state index is 4.91. The van der Waals surface area contributed by atoms with Crippen molar-refractivity contribution in [2.75, 3.05) is 18.0 Å². The molecule has 0 aliphatic carbocycles. The quantitative estimate of drug-likeness (QED) is 0.707. The van der Waals surface area contributed by atoms with Crippen LogP contribution >= 0.6 is 11.3 Å². The molecule has 3 aromatic rings. The van der Waals surface area contributed by atoms with Gasteiger partial charge in [0.2, 0.25) is 0 Å². The summed E-state index contributed by atoms with van der Waals surface area (Å²) in [6.07, 6.45) is 2.52. The van der Waals surface area contributed by atoms with Crippen molar-refractivity contribution in [3.05, 3.63) is 41.3 Å². The lowest BCUT2D eigenvalue weighted by molar-refractivity contribution is 0.941. The number of fused-ring (bicyclic) bond motifs is 1. The van der Waals surface area contributed by atoms with Gasteiger partial charge in [0.25, 0.3) is 0 Å². The highest BCUT2D eigenvalue weighted by Gasteiger charge is 2.20. The van der Waals surface area contributed by atoms with Crippen LogP contribution in [0.2, 0.25) is 0 Å². The molecule has 0 atom stereocenters. The van der Waals surface area contributed by atoms with Crippen LogP contribution in [0.4, 0.5) is 5.82 Å². The molecule has 2 aromatic heterocycles. The molecule has 4 rings (SSSR count). The van der Waals surface area contributed by atoms with Crippen molar-refractivity contribution in [3.8, 4) is 11.4 Å². The smallest absolute Gasteiger partial charge is 0.163 e. The zero-order chi connectivity index (χ0) is 14.2. The number of benzene rings is 1. The number of hydrogen-bond donors (Lipinski definition) is 0. The summed E-state index contributed by atoms with van der Waals surface area (Å²) in [7, 11) is 0. The monoisotopic (exact) mass is 295 g/mol. The molecule has 4 heteroatoms. The van der Waals surface area contributed by atoms with E-state index >= 15 is 0 Å². The second kappa shape index (κ2) is 5.11. The van der Waals surface area contributed by atoms with Crippen molar-refractivity contribution in [1.29, 1.82) is 0 Å². The standard InChI is InChI=1S/C17H17N3S/c1-12-11-21-17-14(12)16(20-9-5-6-10-20)18-15(19-17)13-7-3-2-4-8-13/h2-4,7-8,11H,5-6,9-10H2,1H3. The van der Waals surface area contributed by atoms with Crippen LogP contribution in [0, 0.1) is 6.92 Å². The van der Waals surface area contributed by atoms with Crippen LogP contribution in [0.5, 0.6) is 0 Å². The van der Waals surface area contributed by atoms with E-state index in [1.54, 1.807) is 11.3 Å². The minimum absolute atomic E-state index is 0.840. The predicted octanol–water partition coefficient (Wildman–Crippen LogP) is 4.27. The van der Waals surface area contributed by atoms with Gasteiger partial charge >= 0.3 is 0 Å². The molecule has 1 aromatic carbocycles. The Morgan fingerprint density at radius 2 is 1.81 bits per heavy atom. The van der Waals surface area contributed by atoms with E-state index in [0.29, 0.717) is 0 Å². The van der Waals surface area contributed by atoms with Gasteiger partial charge in [-0.15, -0.1) is 11.3 Å². The van der Waals surface area contributed by atoms with Crippen LogP contribution in [-0.2, 0) is 0 Å². The predicted molar refractivity (Wildman–Crippen MR) is 89.0 cm³/mol. The Balaban J connectivity index is 1.94. The number of aryl methyl sites for hydroxylation is 1. The highest BCUT2D eigenvalue weighted by molar-refractivity contribution is 7.17. The first kappa shape index (κ1) is 12.8. The number of nitrogens with zero attached hydrogens (tertiary/aromatic N) is 3. The van der Waals surface area contributed by atoms with Gasteiger partial charge in [-0.05, 0) is 30.7 Å². The molecule has 0 amide bonds. The molecule has 0 radical (unpaired) electrons. The molecule has 106 valence electrons. The average molecular weight is 295 g/mol. The van der Waals surface area contributed by atoms with Crippen LogP contribution in [0.15, 0.2) is 35.7 Å².